The summed E-state index contributed by atoms with van der Waals surface area (Å²) in [4.78, 5) is 10.9. The predicted molar refractivity (Wildman–Crippen MR) is 57.2 cm³/mol. The molecule has 0 N–H and O–H groups in total. The fraction of sp³-hybridized carbons (Fsp3) is 0.900. The molecule has 0 aromatic carbocycles. The molecule has 0 aliphatic heterocycles. The molecule has 0 spiro atoms. The second-order valence-corrected chi connectivity index (χ2v) is 6.73. The van der Waals surface area contributed by atoms with Crippen molar-refractivity contribution < 1.29 is 17.9 Å². The third-order valence-corrected chi connectivity index (χ3v) is 5.00. The first-order valence-electron chi connectivity index (χ1n) is 5.24. The number of hydrogen-bond acceptors (Lipinski definition) is 4. The van der Waals surface area contributed by atoms with Gasteiger partial charge in [-0.05, 0) is 19.3 Å². The normalized spacial score (nSPS) is 18.5. The Morgan fingerprint density at radius 1 is 1.47 bits per heavy atom. The second-order valence-electron chi connectivity index (χ2n) is 4.19. The quantitative estimate of drug-likeness (QED) is 0.647. The summed E-state index contributed by atoms with van der Waals surface area (Å²) in [5.74, 6) is 0.345. The maximum Gasteiger partial charge on any atom is 0.306 e. The van der Waals surface area contributed by atoms with Crippen molar-refractivity contribution in [3.05, 3.63) is 0 Å². The molecule has 0 heterocycles. The van der Waals surface area contributed by atoms with Crippen LogP contribution >= 0.6 is 0 Å². The van der Waals surface area contributed by atoms with Crippen molar-refractivity contribution >= 4 is 15.8 Å². The fourth-order valence-corrected chi connectivity index (χ4v) is 2.84. The summed E-state index contributed by atoms with van der Waals surface area (Å²) < 4.78 is 27.9. The Hall–Kier alpha value is -0.580. The smallest absolute Gasteiger partial charge is 0.306 e. The molecule has 1 unspecified atom stereocenters. The molecule has 0 aromatic rings. The van der Waals surface area contributed by atoms with Gasteiger partial charge in [-0.2, -0.15) is 0 Å². The zero-order chi connectivity index (χ0) is 11.5. The van der Waals surface area contributed by atoms with Crippen molar-refractivity contribution in [3.8, 4) is 0 Å². The molecule has 0 bridgehead atoms. The largest absolute Gasteiger partial charge is 0.469 e. The maximum absolute atomic E-state index is 11.7. The fourth-order valence-electron chi connectivity index (χ4n) is 1.38. The minimum absolute atomic E-state index is 0.0382. The molecule has 1 rings (SSSR count). The van der Waals surface area contributed by atoms with Gasteiger partial charge < -0.3 is 4.74 Å². The molecule has 4 nitrogen and oxygen atoms in total. The molecule has 88 valence electrons. The van der Waals surface area contributed by atoms with Gasteiger partial charge in [0.25, 0.3) is 0 Å². The molecule has 1 saturated carbocycles. The average molecular weight is 234 g/mol. The molecule has 0 radical (unpaired) electrons. The van der Waals surface area contributed by atoms with E-state index in [9.17, 15) is 13.2 Å². The Morgan fingerprint density at radius 3 is 2.53 bits per heavy atom. The molecular formula is C10H18O4S. The van der Waals surface area contributed by atoms with E-state index >= 15 is 0 Å². The van der Waals surface area contributed by atoms with E-state index in [0.29, 0.717) is 5.92 Å². The Labute approximate surface area is 90.9 Å². The van der Waals surface area contributed by atoms with Crippen LogP contribution in [0.3, 0.4) is 0 Å². The zero-order valence-electron chi connectivity index (χ0n) is 9.23. The molecule has 1 fully saturated rings. The minimum atomic E-state index is -3.12. The van der Waals surface area contributed by atoms with Gasteiger partial charge in [-0.1, -0.05) is 12.8 Å². The van der Waals surface area contributed by atoms with E-state index in [-0.39, 0.29) is 12.2 Å². The predicted octanol–water partition coefficient (Wildman–Crippen LogP) is 1.15. The van der Waals surface area contributed by atoms with Gasteiger partial charge in [-0.25, -0.2) is 8.42 Å². The van der Waals surface area contributed by atoms with E-state index in [1.54, 1.807) is 6.92 Å². The van der Waals surface area contributed by atoms with Crippen LogP contribution in [-0.4, -0.2) is 32.5 Å². The standard InChI is InChI=1S/C10H18O4S/c1-8(7-10(11)14-2)15(12,13)6-5-9-3-4-9/h8-9H,3-7H2,1-2H3. The lowest BCUT2D eigenvalue weighted by Crippen LogP contribution is -2.24. The van der Waals surface area contributed by atoms with Gasteiger partial charge in [-0.3, -0.25) is 4.79 Å². The van der Waals surface area contributed by atoms with Gasteiger partial charge in [0, 0.05) is 0 Å². The number of sulfone groups is 1. The molecule has 0 saturated heterocycles. The number of esters is 1. The highest BCUT2D eigenvalue weighted by molar-refractivity contribution is 7.92. The van der Waals surface area contributed by atoms with Crippen molar-refractivity contribution in [3.63, 3.8) is 0 Å². The third-order valence-electron chi connectivity index (χ3n) is 2.80. The molecule has 5 heteroatoms. The van der Waals surface area contributed by atoms with Crippen molar-refractivity contribution in [1.29, 1.82) is 0 Å². The third kappa shape index (κ3) is 4.20. The van der Waals surface area contributed by atoms with E-state index in [4.69, 9.17) is 0 Å². The van der Waals surface area contributed by atoms with Crippen LogP contribution in [0.15, 0.2) is 0 Å². The van der Waals surface area contributed by atoms with Gasteiger partial charge in [0.2, 0.25) is 0 Å². The van der Waals surface area contributed by atoms with E-state index in [1.165, 1.54) is 7.11 Å². The zero-order valence-corrected chi connectivity index (χ0v) is 10.0. The maximum atomic E-state index is 11.7. The summed E-state index contributed by atoms with van der Waals surface area (Å²) in [6.07, 6.45) is 3.01. The summed E-state index contributed by atoms with van der Waals surface area (Å²) >= 11 is 0. The van der Waals surface area contributed by atoms with Crippen LogP contribution in [0.2, 0.25) is 0 Å². The Morgan fingerprint density at radius 2 is 2.07 bits per heavy atom. The van der Waals surface area contributed by atoms with Crippen molar-refractivity contribution in [1.82, 2.24) is 0 Å². The number of rotatable bonds is 6. The highest BCUT2D eigenvalue weighted by atomic mass is 32.2. The first-order chi connectivity index (χ1) is 6.95. The lowest BCUT2D eigenvalue weighted by atomic mass is 10.3. The highest BCUT2D eigenvalue weighted by Gasteiger charge is 2.28. The van der Waals surface area contributed by atoms with Crippen LogP contribution in [0.1, 0.15) is 32.6 Å². The molecule has 1 aliphatic carbocycles. The summed E-state index contributed by atoms with van der Waals surface area (Å²) in [5.41, 5.74) is 0. The lowest BCUT2D eigenvalue weighted by molar-refractivity contribution is -0.140. The van der Waals surface area contributed by atoms with Crippen LogP contribution in [0.25, 0.3) is 0 Å². The number of ether oxygens (including phenoxy) is 1. The van der Waals surface area contributed by atoms with E-state index in [0.717, 1.165) is 19.3 Å². The van der Waals surface area contributed by atoms with Crippen LogP contribution in [0.4, 0.5) is 0 Å². The van der Waals surface area contributed by atoms with Crippen LogP contribution in [0, 0.1) is 5.92 Å². The molecule has 1 aliphatic rings. The SMILES string of the molecule is COC(=O)CC(C)S(=O)(=O)CCC1CC1. The Bertz CT molecular complexity index is 316. The monoisotopic (exact) mass is 234 g/mol. The highest BCUT2D eigenvalue weighted by Crippen LogP contribution is 2.33. The number of carbonyl (C=O) groups excluding carboxylic acids is 1. The topological polar surface area (TPSA) is 60.4 Å². The molecule has 15 heavy (non-hydrogen) atoms. The summed E-state index contributed by atoms with van der Waals surface area (Å²) in [6, 6.07) is 0. The van der Waals surface area contributed by atoms with Crippen molar-refractivity contribution in [2.45, 2.75) is 37.9 Å². The molecule has 0 amide bonds. The number of hydrogen-bond donors (Lipinski definition) is 0. The molecular weight excluding hydrogens is 216 g/mol. The average Bonchev–Trinajstić information content (AvgIpc) is 2.98. The van der Waals surface area contributed by atoms with Gasteiger partial charge in [0.05, 0.1) is 24.5 Å². The molecule has 1 atom stereocenters. The van der Waals surface area contributed by atoms with E-state index in [2.05, 4.69) is 4.74 Å². The van der Waals surface area contributed by atoms with Crippen LogP contribution < -0.4 is 0 Å². The summed E-state index contributed by atoms with van der Waals surface area (Å²) in [6.45, 7) is 1.57. The Kier molecular flexibility index (Phi) is 4.13. The van der Waals surface area contributed by atoms with Crippen LogP contribution in [-0.2, 0) is 19.4 Å². The summed E-state index contributed by atoms with van der Waals surface area (Å²) in [7, 11) is -1.85. The van der Waals surface area contributed by atoms with Gasteiger partial charge in [0.1, 0.15) is 0 Å². The molecule has 0 aromatic heterocycles. The van der Waals surface area contributed by atoms with Gasteiger partial charge in [0.15, 0.2) is 9.84 Å². The van der Waals surface area contributed by atoms with Gasteiger partial charge in [-0.15, -0.1) is 0 Å². The van der Waals surface area contributed by atoms with Crippen LogP contribution in [0.5, 0.6) is 0 Å². The summed E-state index contributed by atoms with van der Waals surface area (Å²) in [5, 5.41) is -0.622. The van der Waals surface area contributed by atoms with E-state index < -0.39 is 21.1 Å². The first kappa shape index (κ1) is 12.5. The van der Waals surface area contributed by atoms with Gasteiger partial charge >= 0.3 is 5.97 Å². The number of methoxy groups -OCH3 is 1. The van der Waals surface area contributed by atoms with Crippen molar-refractivity contribution in [2.75, 3.05) is 12.9 Å². The first-order valence-corrected chi connectivity index (χ1v) is 6.95. The number of carbonyl (C=O) groups is 1. The Balaban J connectivity index is 2.40. The van der Waals surface area contributed by atoms with E-state index in [1.807, 2.05) is 0 Å². The second kappa shape index (κ2) is 4.96. The minimum Gasteiger partial charge on any atom is -0.469 e. The van der Waals surface area contributed by atoms with Crippen molar-refractivity contribution in [2.24, 2.45) is 5.92 Å². The lowest BCUT2D eigenvalue weighted by Gasteiger charge is -2.11.